The fourth-order valence-corrected chi connectivity index (χ4v) is 4.33. The second kappa shape index (κ2) is 10.5. The molecule has 0 amide bonds. The summed E-state index contributed by atoms with van der Waals surface area (Å²) >= 11 is 12.1. The summed E-state index contributed by atoms with van der Waals surface area (Å²) in [6, 6.07) is 18.0. The van der Waals surface area contributed by atoms with Gasteiger partial charge in [-0.15, -0.1) is 0 Å². The Labute approximate surface area is 187 Å². The van der Waals surface area contributed by atoms with Crippen LogP contribution in [0.4, 0.5) is 0 Å². The van der Waals surface area contributed by atoms with E-state index in [4.69, 9.17) is 34.9 Å². The normalized spacial score (nSPS) is 12.7. The quantitative estimate of drug-likeness (QED) is 0.216. The van der Waals surface area contributed by atoms with Gasteiger partial charge >= 0.3 is 0 Å². The lowest BCUT2D eigenvalue weighted by atomic mass is 10.1. The van der Waals surface area contributed by atoms with Crippen molar-refractivity contribution in [3.8, 4) is 0 Å². The van der Waals surface area contributed by atoms with Gasteiger partial charge < -0.3 is 11.3 Å². The lowest BCUT2D eigenvalue weighted by molar-refractivity contribution is 0.429. The summed E-state index contributed by atoms with van der Waals surface area (Å²) in [5, 5.41) is 4.36. The molecule has 7 nitrogen and oxygen atoms in total. The van der Waals surface area contributed by atoms with Crippen LogP contribution in [0.25, 0.3) is 0 Å². The highest BCUT2D eigenvalue weighted by Gasteiger charge is 2.18. The maximum atomic E-state index is 13.3. The van der Waals surface area contributed by atoms with Crippen LogP contribution in [-0.2, 0) is 24.1 Å². The molecule has 10 heteroatoms. The molecule has 1 aromatic heterocycles. The first kappa shape index (κ1) is 22.2. The molecule has 0 saturated carbocycles. The van der Waals surface area contributed by atoms with Gasteiger partial charge in [-0.25, -0.2) is 14.4 Å². The number of nitrogens with zero attached hydrogens (tertiary/aromatic N) is 3. The Morgan fingerprint density at radius 2 is 1.83 bits per heavy atom. The molecule has 0 saturated heterocycles. The van der Waals surface area contributed by atoms with E-state index in [9.17, 15) is 4.21 Å². The molecule has 0 aliphatic heterocycles. The summed E-state index contributed by atoms with van der Waals surface area (Å²) in [4.78, 5) is 4.91. The highest BCUT2D eigenvalue weighted by atomic mass is 35.5. The fourth-order valence-electron chi connectivity index (χ4n) is 2.75. The van der Waals surface area contributed by atoms with Crippen LogP contribution in [0.15, 0.2) is 76.9 Å². The standard InChI is InChI=1S/C20H20Cl2N6OS/c21-18-9-8-17(11-19(18)22)30(29)28(13-16-3-1-2-10-25-16)12-14-4-6-15(7-5-14)20(26-23)27-24/h1-11H,12-13,23-24H2,(H,26,27). The van der Waals surface area contributed by atoms with E-state index in [0.29, 0.717) is 33.9 Å². The van der Waals surface area contributed by atoms with E-state index < -0.39 is 11.0 Å². The Morgan fingerprint density at radius 3 is 2.43 bits per heavy atom. The van der Waals surface area contributed by atoms with E-state index in [1.54, 1.807) is 28.7 Å². The van der Waals surface area contributed by atoms with Gasteiger partial charge in [0.1, 0.15) is 11.0 Å². The van der Waals surface area contributed by atoms with Crippen LogP contribution in [-0.4, -0.2) is 19.3 Å². The van der Waals surface area contributed by atoms with Crippen molar-refractivity contribution in [2.75, 3.05) is 0 Å². The number of hydrazone groups is 1. The van der Waals surface area contributed by atoms with E-state index in [0.717, 1.165) is 16.8 Å². The van der Waals surface area contributed by atoms with Crippen molar-refractivity contribution >= 4 is 40.0 Å². The van der Waals surface area contributed by atoms with Crippen LogP contribution in [0, 0.1) is 0 Å². The lowest BCUT2D eigenvalue weighted by Gasteiger charge is -2.21. The Morgan fingerprint density at radius 1 is 1.07 bits per heavy atom. The molecule has 0 radical (unpaired) electrons. The van der Waals surface area contributed by atoms with E-state index in [1.807, 2.05) is 42.5 Å². The highest BCUT2D eigenvalue weighted by Crippen LogP contribution is 2.26. The summed E-state index contributed by atoms with van der Waals surface area (Å²) in [7, 11) is -1.48. The molecule has 1 heterocycles. The molecule has 0 bridgehead atoms. The molecule has 5 N–H and O–H groups in total. The first-order valence-electron chi connectivity index (χ1n) is 8.87. The second-order valence-corrected chi connectivity index (χ2v) is 8.56. The zero-order valence-corrected chi connectivity index (χ0v) is 18.2. The van der Waals surface area contributed by atoms with E-state index in [-0.39, 0.29) is 0 Å². The van der Waals surface area contributed by atoms with Crippen molar-refractivity contribution in [1.29, 1.82) is 0 Å². The van der Waals surface area contributed by atoms with Crippen molar-refractivity contribution in [3.63, 3.8) is 0 Å². The Kier molecular flexibility index (Phi) is 7.78. The molecule has 0 aliphatic rings. The van der Waals surface area contributed by atoms with Crippen LogP contribution in [0.2, 0.25) is 10.0 Å². The Hall–Kier alpha value is -2.49. The number of nitrogens with two attached hydrogens (primary N) is 2. The minimum Gasteiger partial charge on any atom is -0.321 e. The monoisotopic (exact) mass is 462 g/mol. The summed E-state index contributed by atoms with van der Waals surface area (Å²) in [6.07, 6.45) is 1.71. The van der Waals surface area contributed by atoms with Crippen LogP contribution in [0.5, 0.6) is 0 Å². The molecule has 0 spiro atoms. The summed E-state index contributed by atoms with van der Waals surface area (Å²) in [5.41, 5.74) is 4.93. The van der Waals surface area contributed by atoms with Crippen molar-refractivity contribution in [3.05, 3.63) is 93.7 Å². The minimum atomic E-state index is -1.48. The molecule has 3 aromatic rings. The van der Waals surface area contributed by atoms with Gasteiger partial charge in [0.2, 0.25) is 0 Å². The molecule has 1 unspecified atom stereocenters. The van der Waals surface area contributed by atoms with E-state index in [1.165, 1.54) is 0 Å². The van der Waals surface area contributed by atoms with Gasteiger partial charge in [-0.3, -0.25) is 4.98 Å². The summed E-state index contributed by atoms with van der Waals surface area (Å²) in [6.45, 7) is 0.796. The number of aromatic nitrogens is 1. The predicted molar refractivity (Wildman–Crippen MR) is 121 cm³/mol. The third-order valence-electron chi connectivity index (χ3n) is 4.24. The molecular formula is C20H20Cl2N6OS. The molecule has 0 aliphatic carbocycles. The SMILES string of the molecule is N/N=C(\NN)c1ccc(CN(Cc2ccccn2)S(=O)c2ccc(Cl)c(Cl)c2)cc1. The van der Waals surface area contributed by atoms with Gasteiger partial charge in [0.25, 0.3) is 0 Å². The average Bonchev–Trinajstić information content (AvgIpc) is 2.77. The first-order chi connectivity index (χ1) is 14.5. The Balaban J connectivity index is 1.87. The third-order valence-corrected chi connectivity index (χ3v) is 6.37. The van der Waals surface area contributed by atoms with Crippen molar-refractivity contribution in [2.24, 2.45) is 16.8 Å². The van der Waals surface area contributed by atoms with Gasteiger partial charge in [0.15, 0.2) is 5.84 Å². The van der Waals surface area contributed by atoms with Crippen LogP contribution in [0.1, 0.15) is 16.8 Å². The van der Waals surface area contributed by atoms with Crippen molar-refractivity contribution in [2.45, 2.75) is 18.0 Å². The second-order valence-electron chi connectivity index (χ2n) is 6.26. The van der Waals surface area contributed by atoms with Crippen LogP contribution in [0.3, 0.4) is 0 Å². The van der Waals surface area contributed by atoms with Crippen LogP contribution >= 0.6 is 23.2 Å². The maximum absolute atomic E-state index is 13.3. The highest BCUT2D eigenvalue weighted by molar-refractivity contribution is 7.82. The zero-order valence-electron chi connectivity index (χ0n) is 15.8. The van der Waals surface area contributed by atoms with E-state index in [2.05, 4.69) is 15.5 Å². The number of halogens is 2. The first-order valence-corrected chi connectivity index (χ1v) is 10.7. The van der Waals surface area contributed by atoms with Crippen LogP contribution < -0.4 is 17.1 Å². The summed E-state index contributed by atoms with van der Waals surface area (Å²) < 4.78 is 15.1. The minimum absolute atomic E-state index is 0.354. The van der Waals surface area contributed by atoms with Gasteiger partial charge in [0, 0.05) is 18.3 Å². The van der Waals surface area contributed by atoms with Gasteiger partial charge in [-0.2, -0.15) is 5.10 Å². The number of pyridine rings is 1. The predicted octanol–water partition coefficient (Wildman–Crippen LogP) is 3.20. The molecule has 156 valence electrons. The van der Waals surface area contributed by atoms with E-state index >= 15 is 0 Å². The number of amidine groups is 1. The zero-order chi connectivity index (χ0) is 21.5. The number of hydrazine groups is 1. The van der Waals surface area contributed by atoms with Crippen molar-refractivity contribution in [1.82, 2.24) is 14.7 Å². The molecular weight excluding hydrogens is 443 g/mol. The lowest BCUT2D eigenvalue weighted by Crippen LogP contribution is -2.32. The van der Waals surface area contributed by atoms with Gasteiger partial charge in [0.05, 0.1) is 27.2 Å². The molecule has 1 atom stereocenters. The number of benzene rings is 2. The fraction of sp³-hybridized carbons (Fsp3) is 0.100. The number of nitrogens with one attached hydrogen (secondary N) is 1. The number of hydrogen-bond donors (Lipinski definition) is 3. The average molecular weight is 463 g/mol. The molecule has 30 heavy (non-hydrogen) atoms. The maximum Gasteiger partial charge on any atom is 0.166 e. The number of rotatable bonds is 7. The van der Waals surface area contributed by atoms with Gasteiger partial charge in [-0.05, 0) is 35.9 Å². The van der Waals surface area contributed by atoms with Crippen molar-refractivity contribution < 1.29 is 4.21 Å². The molecule has 2 aromatic carbocycles. The smallest absolute Gasteiger partial charge is 0.166 e. The molecule has 3 rings (SSSR count). The Bertz CT molecular complexity index is 1050. The largest absolute Gasteiger partial charge is 0.321 e. The van der Waals surface area contributed by atoms with Gasteiger partial charge in [-0.1, -0.05) is 53.5 Å². The third kappa shape index (κ3) is 5.56. The topological polar surface area (TPSA) is 110 Å². The molecule has 0 fully saturated rings. The summed E-state index contributed by atoms with van der Waals surface area (Å²) in [5.74, 6) is 11.1. The number of hydrogen-bond acceptors (Lipinski definition) is 5.